The fourth-order valence-electron chi connectivity index (χ4n) is 2.96. The number of hydrogen-bond donors (Lipinski definition) is 2. The molecule has 31 heavy (non-hydrogen) atoms. The van der Waals surface area contributed by atoms with Gasteiger partial charge >= 0.3 is 12.0 Å². The third-order valence-electron chi connectivity index (χ3n) is 4.59. The number of anilines is 1. The van der Waals surface area contributed by atoms with Gasteiger partial charge in [0.25, 0.3) is 11.8 Å². The zero-order valence-electron chi connectivity index (χ0n) is 16.4. The van der Waals surface area contributed by atoms with Gasteiger partial charge in [-0.3, -0.25) is 14.9 Å². The monoisotopic (exact) mass is 646 g/mol. The SMILES string of the molecule is Cc1cccc(N2C(=O)NC(=O)/C(=C\c3cc(I)c(OCC(=O)O)c(I)c3)C2=O)c1C. The lowest BCUT2D eigenvalue weighted by atomic mass is 10.0. The molecular weight excluding hydrogens is 630 g/mol. The van der Waals surface area contributed by atoms with Crippen LogP contribution in [0, 0.1) is 21.0 Å². The Hall–Kier alpha value is -2.48. The Balaban J connectivity index is 2.00. The molecule has 3 rings (SSSR count). The molecule has 8 nitrogen and oxygen atoms in total. The molecule has 0 aromatic heterocycles. The molecule has 0 unspecified atom stereocenters. The Kier molecular flexibility index (Phi) is 6.99. The van der Waals surface area contributed by atoms with Crippen LogP contribution in [0.1, 0.15) is 16.7 Å². The average molecular weight is 646 g/mol. The van der Waals surface area contributed by atoms with Gasteiger partial charge < -0.3 is 9.84 Å². The van der Waals surface area contributed by atoms with E-state index in [2.05, 4.69) is 5.32 Å². The number of aliphatic carboxylic acids is 1. The number of barbiturate groups is 1. The molecule has 1 fully saturated rings. The van der Waals surface area contributed by atoms with Gasteiger partial charge in [0.1, 0.15) is 11.3 Å². The summed E-state index contributed by atoms with van der Waals surface area (Å²) >= 11 is 3.97. The molecule has 0 saturated carbocycles. The van der Waals surface area contributed by atoms with Crippen LogP contribution in [0.25, 0.3) is 6.08 Å². The molecule has 0 aliphatic carbocycles. The summed E-state index contributed by atoms with van der Waals surface area (Å²) in [4.78, 5) is 49.7. The summed E-state index contributed by atoms with van der Waals surface area (Å²) in [5.41, 5.74) is 2.41. The van der Waals surface area contributed by atoms with E-state index in [1.54, 1.807) is 31.2 Å². The van der Waals surface area contributed by atoms with Gasteiger partial charge in [-0.25, -0.2) is 14.5 Å². The van der Waals surface area contributed by atoms with Crippen molar-refractivity contribution >= 4 is 80.8 Å². The number of benzene rings is 2. The van der Waals surface area contributed by atoms with Gasteiger partial charge in [-0.15, -0.1) is 0 Å². The van der Waals surface area contributed by atoms with Gasteiger partial charge in [-0.05, 0) is 100.0 Å². The number of carboxylic acid groups (broad SMARTS) is 1. The molecule has 2 N–H and O–H groups in total. The van der Waals surface area contributed by atoms with Gasteiger partial charge in [0.15, 0.2) is 6.61 Å². The number of halogens is 2. The molecule has 2 aromatic carbocycles. The maximum atomic E-state index is 13.1. The molecule has 0 bridgehead atoms. The van der Waals surface area contributed by atoms with Gasteiger partial charge in [0.05, 0.1) is 12.8 Å². The van der Waals surface area contributed by atoms with E-state index in [9.17, 15) is 19.2 Å². The van der Waals surface area contributed by atoms with Gasteiger partial charge in [0.2, 0.25) is 0 Å². The largest absolute Gasteiger partial charge is 0.480 e. The summed E-state index contributed by atoms with van der Waals surface area (Å²) in [5.74, 6) is -2.21. The van der Waals surface area contributed by atoms with E-state index in [0.717, 1.165) is 16.0 Å². The lowest BCUT2D eigenvalue weighted by Gasteiger charge is -2.28. The number of carbonyl (C=O) groups excluding carboxylic acids is 3. The third-order valence-corrected chi connectivity index (χ3v) is 6.19. The van der Waals surface area contributed by atoms with Crippen LogP contribution in [0.2, 0.25) is 0 Å². The highest BCUT2D eigenvalue weighted by molar-refractivity contribution is 14.1. The number of nitrogens with zero attached hydrogens (tertiary/aromatic N) is 1. The number of ether oxygens (including phenoxy) is 1. The van der Waals surface area contributed by atoms with Crippen LogP contribution in [0.4, 0.5) is 10.5 Å². The number of hydrogen-bond acceptors (Lipinski definition) is 5. The van der Waals surface area contributed by atoms with Crippen LogP contribution in [-0.2, 0) is 14.4 Å². The van der Waals surface area contributed by atoms with Crippen LogP contribution >= 0.6 is 45.2 Å². The van der Waals surface area contributed by atoms with Crippen LogP contribution in [-0.4, -0.2) is 35.5 Å². The summed E-state index contributed by atoms with van der Waals surface area (Å²) in [6, 6.07) is 7.76. The fourth-order valence-corrected chi connectivity index (χ4v) is 5.08. The van der Waals surface area contributed by atoms with E-state index in [1.165, 1.54) is 6.08 Å². The van der Waals surface area contributed by atoms with Crippen LogP contribution in [0.3, 0.4) is 0 Å². The van der Waals surface area contributed by atoms with Crippen molar-refractivity contribution in [3.05, 3.63) is 59.7 Å². The quantitative estimate of drug-likeness (QED) is 0.292. The Morgan fingerprint density at radius 3 is 2.42 bits per heavy atom. The lowest BCUT2D eigenvalue weighted by molar-refractivity contribution is -0.139. The minimum absolute atomic E-state index is 0.189. The van der Waals surface area contributed by atoms with Crippen molar-refractivity contribution in [2.45, 2.75) is 13.8 Å². The van der Waals surface area contributed by atoms with Crippen molar-refractivity contribution in [2.24, 2.45) is 0 Å². The number of carboxylic acids is 1. The van der Waals surface area contributed by atoms with Crippen molar-refractivity contribution < 1.29 is 29.0 Å². The summed E-state index contributed by atoms with van der Waals surface area (Å²) in [5, 5.41) is 11.0. The molecule has 1 aliphatic rings. The number of rotatable bonds is 5. The normalized spacial score (nSPS) is 15.3. The minimum Gasteiger partial charge on any atom is -0.480 e. The molecular formula is C21H16I2N2O6. The van der Waals surface area contributed by atoms with E-state index in [-0.39, 0.29) is 5.57 Å². The number of urea groups is 1. The fraction of sp³-hybridized carbons (Fsp3) is 0.143. The number of carbonyl (C=O) groups is 4. The molecule has 4 amide bonds. The molecule has 10 heteroatoms. The smallest absolute Gasteiger partial charge is 0.341 e. The van der Waals surface area contributed by atoms with E-state index in [4.69, 9.17) is 9.84 Å². The summed E-state index contributed by atoms with van der Waals surface area (Å²) < 4.78 is 6.52. The molecule has 0 atom stereocenters. The molecule has 2 aromatic rings. The Labute approximate surface area is 204 Å². The lowest BCUT2D eigenvalue weighted by Crippen LogP contribution is -2.54. The highest BCUT2D eigenvalue weighted by atomic mass is 127. The highest BCUT2D eigenvalue weighted by Crippen LogP contribution is 2.31. The molecule has 0 spiro atoms. The second-order valence-electron chi connectivity index (χ2n) is 6.67. The first-order valence-electron chi connectivity index (χ1n) is 8.91. The maximum absolute atomic E-state index is 13.1. The topological polar surface area (TPSA) is 113 Å². The number of nitrogens with one attached hydrogen (secondary N) is 1. The first kappa shape index (κ1) is 23.2. The standard InChI is InChI=1S/C21H16I2N2O6/c1-10-4-3-5-16(11(10)2)25-20(29)13(19(28)24-21(25)30)6-12-7-14(22)18(15(23)8-12)31-9-17(26)27/h3-8H,9H2,1-2H3,(H,26,27)(H,24,28,30)/b13-6+. The zero-order chi connectivity index (χ0) is 22.9. The van der Waals surface area contributed by atoms with Crippen LogP contribution in [0.15, 0.2) is 35.9 Å². The van der Waals surface area contributed by atoms with Gasteiger partial charge in [-0.2, -0.15) is 0 Å². The zero-order valence-corrected chi connectivity index (χ0v) is 20.7. The molecule has 1 heterocycles. The Morgan fingerprint density at radius 1 is 1.16 bits per heavy atom. The molecule has 0 radical (unpaired) electrons. The molecule has 1 aliphatic heterocycles. The summed E-state index contributed by atoms with van der Waals surface area (Å²) in [7, 11) is 0. The number of imide groups is 2. The first-order chi connectivity index (χ1) is 14.6. The second-order valence-corrected chi connectivity index (χ2v) is 9.00. The van der Waals surface area contributed by atoms with E-state index in [1.807, 2.05) is 58.2 Å². The van der Waals surface area contributed by atoms with E-state index >= 15 is 0 Å². The second kappa shape index (κ2) is 9.34. The van der Waals surface area contributed by atoms with Crippen molar-refractivity contribution in [3.8, 4) is 5.75 Å². The van der Waals surface area contributed by atoms with Gasteiger partial charge in [0, 0.05) is 0 Å². The molecule has 1 saturated heterocycles. The van der Waals surface area contributed by atoms with Crippen LogP contribution < -0.4 is 15.0 Å². The number of aryl methyl sites for hydroxylation is 1. The first-order valence-corrected chi connectivity index (χ1v) is 11.1. The van der Waals surface area contributed by atoms with Crippen molar-refractivity contribution in [1.82, 2.24) is 5.32 Å². The van der Waals surface area contributed by atoms with E-state index < -0.39 is 30.4 Å². The van der Waals surface area contributed by atoms with E-state index in [0.29, 0.717) is 24.1 Å². The summed E-state index contributed by atoms with van der Waals surface area (Å²) in [6.07, 6.45) is 1.40. The summed E-state index contributed by atoms with van der Waals surface area (Å²) in [6.45, 7) is 3.18. The van der Waals surface area contributed by atoms with Gasteiger partial charge in [-0.1, -0.05) is 12.1 Å². The molecule has 160 valence electrons. The number of amides is 4. The average Bonchev–Trinajstić information content (AvgIpc) is 2.67. The van der Waals surface area contributed by atoms with Crippen LogP contribution in [0.5, 0.6) is 5.75 Å². The predicted octanol–water partition coefficient (Wildman–Crippen LogP) is 3.64. The Morgan fingerprint density at radius 2 is 1.81 bits per heavy atom. The van der Waals surface area contributed by atoms with Crippen molar-refractivity contribution in [1.29, 1.82) is 0 Å². The predicted molar refractivity (Wildman–Crippen MR) is 130 cm³/mol. The van der Waals surface area contributed by atoms with Crippen molar-refractivity contribution in [2.75, 3.05) is 11.5 Å². The maximum Gasteiger partial charge on any atom is 0.341 e. The minimum atomic E-state index is -1.10. The third kappa shape index (κ3) is 4.89. The highest BCUT2D eigenvalue weighted by Gasteiger charge is 2.37. The Bertz CT molecular complexity index is 1140. The van der Waals surface area contributed by atoms with Crippen molar-refractivity contribution in [3.63, 3.8) is 0 Å².